The van der Waals surface area contributed by atoms with Gasteiger partial charge >= 0.3 is 0 Å². The van der Waals surface area contributed by atoms with E-state index in [0.717, 1.165) is 74.6 Å². The average molecular weight is 920 g/mol. The van der Waals surface area contributed by atoms with Gasteiger partial charge in [0.15, 0.2) is 5.58 Å². The number of hydrogen-bond donors (Lipinski definition) is 0. The van der Waals surface area contributed by atoms with Gasteiger partial charge in [0.25, 0.3) is 6.71 Å². The lowest BCUT2D eigenvalue weighted by molar-refractivity contribution is 0.590. The Labute approximate surface area is 418 Å². The zero-order valence-electron chi connectivity index (χ0n) is 41.6. The van der Waals surface area contributed by atoms with E-state index in [-0.39, 0.29) is 17.5 Å². The van der Waals surface area contributed by atoms with Crippen molar-refractivity contribution >= 4 is 96.2 Å². The molecule has 4 nitrogen and oxygen atoms in total. The van der Waals surface area contributed by atoms with Crippen molar-refractivity contribution in [3.05, 3.63) is 216 Å². The number of fused-ring (bicyclic) bond motifs is 8. The van der Waals surface area contributed by atoms with Crippen LogP contribution in [-0.2, 0) is 23.7 Å². The first kappa shape index (κ1) is 43.3. The molecular weight excluding hydrogens is 862 g/mol. The summed E-state index contributed by atoms with van der Waals surface area (Å²) < 4.78 is 7.05. The van der Waals surface area contributed by atoms with Crippen LogP contribution in [0, 0.1) is 0 Å². The topological polar surface area (TPSA) is 22.9 Å². The zero-order chi connectivity index (χ0) is 48.2. The van der Waals surface area contributed by atoms with Crippen molar-refractivity contribution in [3.63, 3.8) is 0 Å². The van der Waals surface area contributed by atoms with Gasteiger partial charge in [-0.3, -0.25) is 0 Å². The fourth-order valence-corrected chi connectivity index (χ4v) is 11.9. The molecule has 346 valence electrons. The van der Waals surface area contributed by atoms with Crippen LogP contribution in [0.3, 0.4) is 0 Å². The summed E-state index contributed by atoms with van der Waals surface area (Å²) in [6, 6.07) is 73.0. The van der Waals surface area contributed by atoms with E-state index in [1.54, 1.807) is 0 Å². The van der Waals surface area contributed by atoms with E-state index in [1.807, 2.05) is 0 Å². The van der Waals surface area contributed by atoms with Crippen molar-refractivity contribution in [2.24, 2.45) is 0 Å². The highest BCUT2D eigenvalue weighted by Crippen LogP contribution is 2.52. The predicted octanol–water partition coefficient (Wildman–Crippen LogP) is 16.3. The number of aryl methyl sites for hydroxylation is 2. The van der Waals surface area contributed by atoms with E-state index in [4.69, 9.17) is 4.42 Å². The zero-order valence-corrected chi connectivity index (χ0v) is 41.6. The normalized spacial score (nSPS) is 14.0. The molecule has 0 saturated heterocycles. The molecule has 0 radical (unpaired) electrons. The highest BCUT2D eigenvalue weighted by atomic mass is 16.3. The minimum Gasteiger partial charge on any atom is -0.454 e. The van der Waals surface area contributed by atoms with Crippen molar-refractivity contribution in [1.82, 2.24) is 0 Å². The molecule has 0 bridgehead atoms. The second kappa shape index (κ2) is 16.4. The maximum atomic E-state index is 7.05. The molecule has 0 spiro atoms. The van der Waals surface area contributed by atoms with Gasteiger partial charge in [-0.15, -0.1) is 0 Å². The average Bonchev–Trinajstić information content (AvgIpc) is 3.78. The van der Waals surface area contributed by atoms with E-state index < -0.39 is 0 Å². The third-order valence-electron chi connectivity index (χ3n) is 15.5. The van der Waals surface area contributed by atoms with Gasteiger partial charge in [0.2, 0.25) is 0 Å². The molecule has 0 atom stereocenters. The maximum Gasteiger partial charge on any atom is 0.252 e. The maximum absolute atomic E-state index is 7.05. The first-order valence-corrected chi connectivity index (χ1v) is 25.6. The van der Waals surface area contributed by atoms with Gasteiger partial charge in [0.05, 0.1) is 17.1 Å². The molecule has 13 rings (SSSR count). The minimum atomic E-state index is -0.00692. The van der Waals surface area contributed by atoms with Crippen molar-refractivity contribution in [3.8, 4) is 11.1 Å². The van der Waals surface area contributed by atoms with Crippen LogP contribution in [0.15, 0.2) is 199 Å². The number of furan rings is 1. The van der Waals surface area contributed by atoms with E-state index in [9.17, 15) is 0 Å². The van der Waals surface area contributed by atoms with Crippen LogP contribution in [0.25, 0.3) is 33.1 Å². The summed E-state index contributed by atoms with van der Waals surface area (Å²) in [6.45, 7) is 13.8. The second-order valence-electron chi connectivity index (χ2n) is 22.0. The summed E-state index contributed by atoms with van der Waals surface area (Å²) in [5.74, 6) is 0. The minimum absolute atomic E-state index is 0.00692. The van der Waals surface area contributed by atoms with Crippen molar-refractivity contribution < 1.29 is 4.42 Å². The van der Waals surface area contributed by atoms with Crippen molar-refractivity contribution in [2.75, 3.05) is 14.7 Å². The molecule has 5 heteroatoms. The molecule has 3 aliphatic rings. The van der Waals surface area contributed by atoms with Gasteiger partial charge in [-0.25, -0.2) is 0 Å². The summed E-state index contributed by atoms with van der Waals surface area (Å²) in [7, 11) is 0. The predicted molar refractivity (Wildman–Crippen MR) is 302 cm³/mol. The Morgan fingerprint density at radius 3 is 1.58 bits per heavy atom. The fraction of sp³-hybridized carbons (Fsp3) is 0.182. The highest BCUT2D eigenvalue weighted by molar-refractivity contribution is 7.00. The van der Waals surface area contributed by atoms with Crippen LogP contribution >= 0.6 is 0 Å². The van der Waals surface area contributed by atoms with Crippen LogP contribution in [0.5, 0.6) is 0 Å². The van der Waals surface area contributed by atoms with Gasteiger partial charge in [0, 0.05) is 50.5 Å². The molecule has 10 aromatic rings. The van der Waals surface area contributed by atoms with Gasteiger partial charge in [-0.2, -0.15) is 0 Å². The fourth-order valence-electron chi connectivity index (χ4n) is 11.9. The summed E-state index contributed by atoms with van der Waals surface area (Å²) in [5.41, 5.74) is 23.8. The first-order chi connectivity index (χ1) is 34.5. The summed E-state index contributed by atoms with van der Waals surface area (Å²) >= 11 is 0. The van der Waals surface area contributed by atoms with Gasteiger partial charge in [-0.05, 0) is 154 Å². The Balaban J connectivity index is 1.17. The van der Waals surface area contributed by atoms with Crippen LogP contribution in [-0.4, -0.2) is 6.71 Å². The molecule has 0 N–H and O–H groups in total. The lowest BCUT2D eigenvalue weighted by Crippen LogP contribution is -2.61. The standard InChI is InChI=1S/C66H58BN3O/c1-65(2,3)46-31-35-48(36-32-46)68-56-27-15-13-25-54(56)67-55-26-14-16-28-57(55)69(49-37-33-47(34-38-49)66(4,5)6)61-42-50(41-60(68)63(61)67)70(58-29-18-24-52-51-23-12-17-30-62(51)71-64(52)58)59-40-45-22-11-10-21-44(45)39-53(59)43-19-8-7-9-20-43/h7-9,12-20,23-42H,10-11,21-22H2,1-6H3. The number of para-hydroxylation sites is 4. The number of benzene rings is 9. The highest BCUT2D eigenvalue weighted by Gasteiger charge is 2.44. The van der Waals surface area contributed by atoms with Gasteiger partial charge in [0.1, 0.15) is 5.58 Å². The number of anilines is 9. The third-order valence-corrected chi connectivity index (χ3v) is 15.5. The molecule has 0 amide bonds. The molecule has 0 fully saturated rings. The number of hydrogen-bond acceptors (Lipinski definition) is 4. The van der Waals surface area contributed by atoms with Crippen molar-refractivity contribution in [2.45, 2.75) is 78.1 Å². The Kier molecular flexibility index (Phi) is 10.0. The molecule has 3 heterocycles. The second-order valence-corrected chi connectivity index (χ2v) is 22.0. The largest absolute Gasteiger partial charge is 0.454 e. The van der Waals surface area contributed by atoms with E-state index in [0.29, 0.717) is 0 Å². The molecule has 1 aliphatic carbocycles. The quantitative estimate of drug-likeness (QED) is 0.155. The van der Waals surface area contributed by atoms with Crippen LogP contribution in [0.4, 0.5) is 51.2 Å². The summed E-state index contributed by atoms with van der Waals surface area (Å²) in [4.78, 5) is 7.62. The molecule has 2 aliphatic heterocycles. The van der Waals surface area contributed by atoms with Gasteiger partial charge < -0.3 is 19.1 Å². The molecular formula is C66H58BN3O. The van der Waals surface area contributed by atoms with Crippen LogP contribution in [0.2, 0.25) is 0 Å². The van der Waals surface area contributed by atoms with Crippen LogP contribution in [0.1, 0.15) is 76.6 Å². The Bertz CT molecular complexity index is 3560. The summed E-state index contributed by atoms with van der Waals surface area (Å²) in [5, 5.41) is 2.22. The first-order valence-electron chi connectivity index (χ1n) is 25.6. The van der Waals surface area contributed by atoms with Crippen molar-refractivity contribution in [1.29, 1.82) is 0 Å². The van der Waals surface area contributed by atoms with Gasteiger partial charge in [-0.1, -0.05) is 163 Å². The SMILES string of the molecule is CC(C)(C)c1ccc(N2c3ccccc3B3c4ccccc4N(c4ccc(C(C)(C)C)cc4)c4cc(N(c5cc6c(cc5-c5ccccc5)CCCC6)c5cccc6c5oc5ccccc56)cc2c43)cc1. The summed E-state index contributed by atoms with van der Waals surface area (Å²) in [6.07, 6.45) is 4.54. The molecule has 0 saturated carbocycles. The molecule has 1 aromatic heterocycles. The molecule has 71 heavy (non-hydrogen) atoms. The Morgan fingerprint density at radius 2 is 0.986 bits per heavy atom. The van der Waals surface area contributed by atoms with E-state index in [2.05, 4.69) is 250 Å². The smallest absolute Gasteiger partial charge is 0.252 e. The lowest BCUT2D eigenvalue weighted by atomic mass is 9.33. The Hall–Kier alpha value is -7.76. The van der Waals surface area contributed by atoms with Crippen LogP contribution < -0.4 is 31.1 Å². The lowest BCUT2D eigenvalue weighted by Gasteiger charge is -2.45. The monoisotopic (exact) mass is 919 g/mol. The van der Waals surface area contributed by atoms with E-state index in [1.165, 1.54) is 74.0 Å². The number of rotatable bonds is 6. The Morgan fingerprint density at radius 1 is 0.465 bits per heavy atom. The number of nitrogens with zero attached hydrogens (tertiary/aromatic N) is 3. The molecule has 9 aromatic carbocycles. The van der Waals surface area contributed by atoms with E-state index >= 15 is 0 Å². The third kappa shape index (κ3) is 7.11. The molecule has 0 unspecified atom stereocenters.